The van der Waals surface area contributed by atoms with Gasteiger partial charge in [-0.25, -0.2) is 14.6 Å². The van der Waals surface area contributed by atoms with Gasteiger partial charge in [-0.3, -0.25) is 4.90 Å². The number of aromatic nitrogens is 2. The average molecular weight is 288 g/mol. The molecular formula is C14H16N4O3. The quantitative estimate of drug-likeness (QED) is 0.840. The molecule has 1 N–H and O–H groups in total. The van der Waals surface area contributed by atoms with Gasteiger partial charge in [-0.2, -0.15) is 0 Å². The van der Waals surface area contributed by atoms with Crippen LogP contribution in [0.15, 0.2) is 24.3 Å². The van der Waals surface area contributed by atoms with Crippen molar-refractivity contribution in [3.8, 4) is 0 Å². The van der Waals surface area contributed by atoms with Gasteiger partial charge < -0.3 is 14.6 Å². The van der Waals surface area contributed by atoms with E-state index in [1.165, 1.54) is 7.11 Å². The third-order valence-electron chi connectivity index (χ3n) is 3.56. The first kappa shape index (κ1) is 13.4. The van der Waals surface area contributed by atoms with Crippen LogP contribution >= 0.6 is 0 Å². The number of esters is 1. The van der Waals surface area contributed by atoms with E-state index < -0.39 is 12.0 Å². The molecule has 0 fully saturated rings. The lowest BCUT2D eigenvalue weighted by Crippen LogP contribution is -2.46. The number of anilines is 1. The molecular weight excluding hydrogens is 272 g/mol. The van der Waals surface area contributed by atoms with Gasteiger partial charge in [0.1, 0.15) is 6.04 Å². The van der Waals surface area contributed by atoms with Crippen molar-refractivity contribution in [3.63, 3.8) is 0 Å². The summed E-state index contributed by atoms with van der Waals surface area (Å²) >= 11 is 0. The van der Waals surface area contributed by atoms with Crippen molar-refractivity contribution in [2.45, 2.75) is 19.5 Å². The Morgan fingerprint density at radius 2 is 2.10 bits per heavy atom. The lowest BCUT2D eigenvalue weighted by molar-refractivity contribution is -0.142. The standard InChI is InChI=1S/C14H16N4O3/c1-9(12(19)21-2)15-14(20)18-8-7-17-11-6-4-3-5-10(11)16-13(17)18/h3-6,9H,7-8H2,1-2H3,(H,15,20)/t9-/m0/s1. The number of carbonyl (C=O) groups is 2. The van der Waals surface area contributed by atoms with Gasteiger partial charge in [-0.05, 0) is 19.1 Å². The summed E-state index contributed by atoms with van der Waals surface area (Å²) < 4.78 is 6.60. The SMILES string of the molecule is COC(=O)[C@H](C)NC(=O)N1CCn2c1nc1ccccc12. The van der Waals surface area contributed by atoms with Crippen molar-refractivity contribution in [2.75, 3.05) is 18.6 Å². The zero-order chi connectivity index (χ0) is 15.0. The van der Waals surface area contributed by atoms with Gasteiger partial charge >= 0.3 is 12.0 Å². The second-order valence-corrected chi connectivity index (χ2v) is 4.90. The Labute approximate surface area is 121 Å². The normalized spacial score (nSPS) is 14.9. The number of hydrogen-bond donors (Lipinski definition) is 1. The minimum Gasteiger partial charge on any atom is -0.467 e. The van der Waals surface area contributed by atoms with Crippen molar-refractivity contribution < 1.29 is 14.3 Å². The number of ether oxygens (including phenoxy) is 1. The molecule has 0 bridgehead atoms. The number of hydrogen-bond acceptors (Lipinski definition) is 4. The van der Waals surface area contributed by atoms with Crippen LogP contribution in [0, 0.1) is 0 Å². The molecule has 1 aliphatic heterocycles. The van der Waals surface area contributed by atoms with E-state index in [2.05, 4.69) is 15.0 Å². The summed E-state index contributed by atoms with van der Waals surface area (Å²) in [6, 6.07) is 6.70. The number of urea groups is 1. The van der Waals surface area contributed by atoms with Crippen LogP contribution in [0.1, 0.15) is 6.92 Å². The zero-order valence-electron chi connectivity index (χ0n) is 11.9. The molecule has 0 saturated heterocycles. The maximum absolute atomic E-state index is 12.3. The fourth-order valence-electron chi connectivity index (χ4n) is 2.48. The van der Waals surface area contributed by atoms with E-state index in [1.54, 1.807) is 11.8 Å². The molecule has 2 aromatic rings. The molecule has 21 heavy (non-hydrogen) atoms. The number of rotatable bonds is 2. The largest absolute Gasteiger partial charge is 0.467 e. The predicted molar refractivity (Wildman–Crippen MR) is 77.1 cm³/mol. The van der Waals surface area contributed by atoms with Crippen LogP contribution in [0.3, 0.4) is 0 Å². The van der Waals surface area contributed by atoms with Crippen molar-refractivity contribution in [1.82, 2.24) is 14.9 Å². The van der Waals surface area contributed by atoms with Gasteiger partial charge in [0.05, 0.1) is 18.1 Å². The summed E-state index contributed by atoms with van der Waals surface area (Å²) in [5.74, 6) is 0.127. The van der Waals surface area contributed by atoms with Crippen molar-refractivity contribution >= 4 is 29.0 Å². The third-order valence-corrected chi connectivity index (χ3v) is 3.56. The first-order chi connectivity index (χ1) is 10.1. The van der Waals surface area contributed by atoms with Crippen LogP contribution in [0.2, 0.25) is 0 Å². The average Bonchev–Trinajstić information content (AvgIpc) is 3.04. The van der Waals surface area contributed by atoms with Crippen molar-refractivity contribution in [3.05, 3.63) is 24.3 Å². The number of carbonyl (C=O) groups excluding carboxylic acids is 2. The Kier molecular flexibility index (Phi) is 3.25. The van der Waals surface area contributed by atoms with E-state index >= 15 is 0 Å². The smallest absolute Gasteiger partial charge is 0.328 e. The summed E-state index contributed by atoms with van der Waals surface area (Å²) in [6.45, 7) is 2.81. The number of imidazole rings is 1. The molecule has 0 aliphatic carbocycles. The van der Waals surface area contributed by atoms with E-state index in [1.807, 2.05) is 28.8 Å². The highest BCUT2D eigenvalue weighted by atomic mass is 16.5. The summed E-state index contributed by atoms with van der Waals surface area (Å²) in [4.78, 5) is 29.7. The highest BCUT2D eigenvalue weighted by Gasteiger charge is 2.30. The number of nitrogens with one attached hydrogen (secondary N) is 1. The van der Waals surface area contributed by atoms with Gasteiger partial charge in [0.15, 0.2) is 0 Å². The van der Waals surface area contributed by atoms with Gasteiger partial charge in [0.25, 0.3) is 0 Å². The van der Waals surface area contributed by atoms with Gasteiger partial charge in [0, 0.05) is 13.1 Å². The summed E-state index contributed by atoms with van der Waals surface area (Å²) in [6.07, 6.45) is 0. The lowest BCUT2D eigenvalue weighted by atomic mass is 10.3. The maximum Gasteiger partial charge on any atom is 0.328 e. The zero-order valence-corrected chi connectivity index (χ0v) is 11.9. The third kappa shape index (κ3) is 2.20. The van der Waals surface area contributed by atoms with E-state index in [0.717, 1.165) is 11.0 Å². The molecule has 0 unspecified atom stereocenters. The molecule has 0 saturated carbocycles. The molecule has 3 rings (SSSR count). The second-order valence-electron chi connectivity index (χ2n) is 4.90. The molecule has 110 valence electrons. The number of amides is 2. The van der Waals surface area contributed by atoms with E-state index in [9.17, 15) is 9.59 Å². The molecule has 1 aromatic heterocycles. The molecule has 2 amide bonds. The Morgan fingerprint density at radius 3 is 2.86 bits per heavy atom. The number of nitrogens with zero attached hydrogens (tertiary/aromatic N) is 3. The van der Waals surface area contributed by atoms with Gasteiger partial charge in [0.2, 0.25) is 5.95 Å². The minimum absolute atomic E-state index is 0.345. The fourth-order valence-corrected chi connectivity index (χ4v) is 2.48. The Balaban J connectivity index is 1.84. The number of methoxy groups -OCH3 is 1. The summed E-state index contributed by atoms with van der Waals surface area (Å²) in [5.41, 5.74) is 1.86. The summed E-state index contributed by atoms with van der Waals surface area (Å²) in [5, 5.41) is 2.62. The molecule has 1 aromatic carbocycles. The molecule has 1 atom stereocenters. The van der Waals surface area contributed by atoms with Crippen LogP contribution in [-0.4, -0.2) is 41.2 Å². The number of fused-ring (bicyclic) bond motifs is 3. The Bertz CT molecular complexity index is 709. The number of para-hydroxylation sites is 2. The molecule has 2 heterocycles. The monoisotopic (exact) mass is 288 g/mol. The van der Waals surface area contributed by atoms with E-state index in [-0.39, 0.29) is 6.03 Å². The first-order valence-corrected chi connectivity index (χ1v) is 6.73. The maximum atomic E-state index is 12.3. The lowest BCUT2D eigenvalue weighted by Gasteiger charge is -2.18. The van der Waals surface area contributed by atoms with E-state index in [4.69, 9.17) is 0 Å². The highest BCUT2D eigenvalue weighted by molar-refractivity contribution is 5.95. The van der Waals surface area contributed by atoms with Crippen LogP contribution in [0.25, 0.3) is 11.0 Å². The highest BCUT2D eigenvalue weighted by Crippen LogP contribution is 2.26. The molecule has 0 radical (unpaired) electrons. The predicted octanol–water partition coefficient (Wildman–Crippen LogP) is 1.13. The molecule has 7 heteroatoms. The van der Waals surface area contributed by atoms with Crippen LogP contribution < -0.4 is 10.2 Å². The number of benzene rings is 1. The summed E-state index contributed by atoms with van der Waals surface area (Å²) in [7, 11) is 1.29. The minimum atomic E-state index is -0.694. The van der Waals surface area contributed by atoms with Crippen LogP contribution in [-0.2, 0) is 16.1 Å². The molecule has 0 spiro atoms. The topological polar surface area (TPSA) is 76.5 Å². The molecule has 7 nitrogen and oxygen atoms in total. The molecule has 1 aliphatic rings. The second kappa shape index (κ2) is 5.08. The fraction of sp³-hybridized carbons (Fsp3) is 0.357. The van der Waals surface area contributed by atoms with Gasteiger partial charge in [-0.1, -0.05) is 12.1 Å². The first-order valence-electron chi connectivity index (χ1n) is 6.73. The van der Waals surface area contributed by atoms with Crippen LogP contribution in [0.4, 0.5) is 10.7 Å². The van der Waals surface area contributed by atoms with Crippen LogP contribution in [0.5, 0.6) is 0 Å². The van der Waals surface area contributed by atoms with Gasteiger partial charge in [-0.15, -0.1) is 0 Å². The Hall–Kier alpha value is -2.57. The van der Waals surface area contributed by atoms with Crippen molar-refractivity contribution in [2.24, 2.45) is 0 Å². The van der Waals surface area contributed by atoms with E-state index in [0.29, 0.717) is 19.0 Å². The Morgan fingerprint density at radius 1 is 1.33 bits per heavy atom. The van der Waals surface area contributed by atoms with Crippen molar-refractivity contribution in [1.29, 1.82) is 0 Å².